The second-order valence-electron chi connectivity index (χ2n) is 6.05. The molecule has 0 spiro atoms. The number of nitrogens with one attached hydrogen (secondary N) is 1. The number of nitrogens with zero attached hydrogens (tertiary/aromatic N) is 2. The number of amides is 1. The number of aromatic hydroxyl groups is 1. The fourth-order valence-electron chi connectivity index (χ4n) is 2.60. The zero-order chi connectivity index (χ0) is 18.7. The molecule has 1 amide bonds. The van der Waals surface area contributed by atoms with Crippen molar-refractivity contribution >= 4 is 23.5 Å². The van der Waals surface area contributed by atoms with Gasteiger partial charge in [-0.05, 0) is 55.2 Å². The van der Waals surface area contributed by atoms with Crippen molar-refractivity contribution in [3.63, 3.8) is 0 Å². The fraction of sp³-hybridized carbons (Fsp3) is 0.150. The lowest BCUT2D eigenvalue weighted by molar-refractivity contribution is 0.0959. The van der Waals surface area contributed by atoms with E-state index >= 15 is 0 Å². The summed E-state index contributed by atoms with van der Waals surface area (Å²) in [6.07, 6.45) is 3.12. The number of aryl methyl sites for hydroxylation is 3. The lowest BCUT2D eigenvalue weighted by Gasteiger charge is -2.04. The number of aromatic nitrogens is 1. The van der Waals surface area contributed by atoms with E-state index in [-0.39, 0.29) is 11.7 Å². The van der Waals surface area contributed by atoms with Gasteiger partial charge in [-0.3, -0.25) is 4.79 Å². The maximum absolute atomic E-state index is 12.3. The number of benzene rings is 2. The van der Waals surface area contributed by atoms with Crippen molar-refractivity contribution in [1.29, 1.82) is 0 Å². The van der Waals surface area contributed by atoms with Crippen molar-refractivity contribution in [3.05, 3.63) is 69.7 Å². The third kappa shape index (κ3) is 3.81. The molecule has 6 heteroatoms. The highest BCUT2D eigenvalue weighted by Gasteiger charge is 2.12. The van der Waals surface area contributed by atoms with Crippen molar-refractivity contribution in [2.24, 2.45) is 5.10 Å². The minimum absolute atomic E-state index is 0.277. The standard InChI is InChI=1S/C20H19N3O2S/c1-12-6-4-5-7-16(12)20-21-11-17(26-20)19(25)23-22-10-15-8-13(2)18(24)14(3)9-15/h4-11,24H,1-3H3,(H,23,25)/b22-10+. The van der Waals surface area contributed by atoms with Gasteiger partial charge in [0, 0.05) is 5.56 Å². The molecular weight excluding hydrogens is 346 g/mol. The van der Waals surface area contributed by atoms with Crippen LogP contribution in [0.4, 0.5) is 0 Å². The third-order valence-electron chi connectivity index (χ3n) is 4.00. The highest BCUT2D eigenvalue weighted by molar-refractivity contribution is 7.16. The molecule has 0 unspecified atom stereocenters. The summed E-state index contributed by atoms with van der Waals surface area (Å²) in [4.78, 5) is 17.1. The van der Waals surface area contributed by atoms with Crippen LogP contribution in [-0.4, -0.2) is 22.2 Å². The molecule has 3 aromatic rings. The van der Waals surface area contributed by atoms with Gasteiger partial charge in [-0.25, -0.2) is 10.4 Å². The molecule has 0 fully saturated rings. The maximum Gasteiger partial charge on any atom is 0.283 e. The summed E-state index contributed by atoms with van der Waals surface area (Å²) in [5.74, 6) is -0.0228. The summed E-state index contributed by atoms with van der Waals surface area (Å²) < 4.78 is 0. The van der Waals surface area contributed by atoms with Gasteiger partial charge < -0.3 is 5.11 Å². The summed E-state index contributed by atoms with van der Waals surface area (Å²) in [6.45, 7) is 5.66. The molecular formula is C20H19N3O2S. The van der Waals surface area contributed by atoms with E-state index in [1.165, 1.54) is 11.3 Å². The molecule has 2 N–H and O–H groups in total. The number of hydrazone groups is 1. The molecule has 132 valence electrons. The molecule has 0 aliphatic carbocycles. The van der Waals surface area contributed by atoms with Crippen molar-refractivity contribution in [3.8, 4) is 16.3 Å². The van der Waals surface area contributed by atoms with Crippen LogP contribution in [0.2, 0.25) is 0 Å². The van der Waals surface area contributed by atoms with E-state index in [1.807, 2.05) is 45.0 Å². The Kier molecular flexibility index (Phi) is 5.14. The first-order valence-electron chi connectivity index (χ1n) is 8.11. The van der Waals surface area contributed by atoms with Gasteiger partial charge in [0.15, 0.2) is 0 Å². The van der Waals surface area contributed by atoms with Gasteiger partial charge in [0.25, 0.3) is 5.91 Å². The molecule has 2 aromatic carbocycles. The number of phenols is 1. The summed E-state index contributed by atoms with van der Waals surface area (Å²) in [7, 11) is 0. The predicted octanol–water partition coefficient (Wildman–Crippen LogP) is 4.20. The number of carbonyl (C=O) groups is 1. The Morgan fingerprint density at radius 1 is 1.15 bits per heavy atom. The summed E-state index contributed by atoms with van der Waals surface area (Å²) in [5, 5.41) is 14.6. The maximum atomic E-state index is 12.3. The molecule has 0 radical (unpaired) electrons. The molecule has 1 aromatic heterocycles. The first-order valence-corrected chi connectivity index (χ1v) is 8.93. The number of rotatable bonds is 4. The molecule has 5 nitrogen and oxygen atoms in total. The Hall–Kier alpha value is -2.99. The molecule has 0 aliphatic rings. The van der Waals surface area contributed by atoms with Crippen LogP contribution in [0.5, 0.6) is 5.75 Å². The molecule has 0 saturated heterocycles. The summed E-state index contributed by atoms with van der Waals surface area (Å²) in [6, 6.07) is 11.5. The van der Waals surface area contributed by atoms with Gasteiger partial charge in [-0.1, -0.05) is 24.3 Å². The van der Waals surface area contributed by atoms with Crippen molar-refractivity contribution in [2.75, 3.05) is 0 Å². The number of hydrogen-bond acceptors (Lipinski definition) is 5. The van der Waals surface area contributed by atoms with E-state index in [9.17, 15) is 9.90 Å². The van der Waals surface area contributed by atoms with Crippen molar-refractivity contribution in [2.45, 2.75) is 20.8 Å². The lowest BCUT2D eigenvalue weighted by atomic mass is 10.1. The zero-order valence-electron chi connectivity index (χ0n) is 14.8. The minimum Gasteiger partial charge on any atom is -0.507 e. The van der Waals surface area contributed by atoms with Crippen LogP contribution in [-0.2, 0) is 0 Å². The smallest absolute Gasteiger partial charge is 0.283 e. The van der Waals surface area contributed by atoms with Crippen LogP contribution in [0.15, 0.2) is 47.7 Å². The number of carbonyl (C=O) groups excluding carboxylic acids is 1. The van der Waals surface area contributed by atoms with Gasteiger partial charge in [-0.15, -0.1) is 11.3 Å². The monoisotopic (exact) mass is 365 g/mol. The second-order valence-corrected chi connectivity index (χ2v) is 7.08. The van der Waals surface area contributed by atoms with Gasteiger partial charge >= 0.3 is 0 Å². The Balaban J connectivity index is 1.70. The molecule has 0 atom stereocenters. The Morgan fingerprint density at radius 3 is 2.54 bits per heavy atom. The van der Waals surface area contributed by atoms with Gasteiger partial charge in [0.2, 0.25) is 0 Å². The molecule has 0 aliphatic heterocycles. The highest BCUT2D eigenvalue weighted by atomic mass is 32.1. The van der Waals surface area contributed by atoms with Crippen LogP contribution in [0, 0.1) is 20.8 Å². The zero-order valence-corrected chi connectivity index (χ0v) is 15.6. The van der Waals surface area contributed by atoms with Gasteiger partial charge in [0.1, 0.15) is 15.6 Å². The summed E-state index contributed by atoms with van der Waals surface area (Å²) >= 11 is 1.33. The average molecular weight is 365 g/mol. The van der Waals surface area contributed by atoms with E-state index in [2.05, 4.69) is 15.5 Å². The lowest BCUT2D eigenvalue weighted by Crippen LogP contribution is -2.16. The normalized spacial score (nSPS) is 11.0. The topological polar surface area (TPSA) is 74.6 Å². The first kappa shape index (κ1) is 17.8. The van der Waals surface area contributed by atoms with E-state index < -0.39 is 0 Å². The predicted molar refractivity (Wildman–Crippen MR) is 105 cm³/mol. The second kappa shape index (κ2) is 7.49. The first-order chi connectivity index (χ1) is 12.5. The molecule has 3 rings (SSSR count). The van der Waals surface area contributed by atoms with Gasteiger partial charge in [0.05, 0.1) is 12.4 Å². The Labute approximate surface area is 156 Å². The van der Waals surface area contributed by atoms with E-state index in [4.69, 9.17) is 0 Å². The van der Waals surface area contributed by atoms with Crippen molar-refractivity contribution in [1.82, 2.24) is 10.4 Å². The Morgan fingerprint density at radius 2 is 1.85 bits per heavy atom. The Bertz CT molecular complexity index is 969. The van der Waals surface area contributed by atoms with Crippen LogP contribution in [0.1, 0.15) is 31.9 Å². The largest absolute Gasteiger partial charge is 0.507 e. The average Bonchev–Trinajstić information content (AvgIpc) is 3.10. The molecule has 0 saturated carbocycles. The van der Waals surface area contributed by atoms with Crippen LogP contribution in [0.25, 0.3) is 10.6 Å². The number of hydrogen-bond donors (Lipinski definition) is 2. The molecule has 0 bridgehead atoms. The number of phenolic OH excluding ortho intramolecular Hbond substituents is 1. The molecule has 26 heavy (non-hydrogen) atoms. The van der Waals surface area contributed by atoms with Crippen LogP contribution < -0.4 is 5.43 Å². The fourth-order valence-corrected chi connectivity index (χ4v) is 3.50. The highest BCUT2D eigenvalue weighted by Crippen LogP contribution is 2.27. The van der Waals surface area contributed by atoms with Crippen LogP contribution >= 0.6 is 11.3 Å². The van der Waals surface area contributed by atoms with E-state index in [0.717, 1.165) is 32.8 Å². The third-order valence-corrected chi connectivity index (χ3v) is 5.03. The van der Waals surface area contributed by atoms with E-state index in [1.54, 1.807) is 24.5 Å². The molecule has 1 heterocycles. The van der Waals surface area contributed by atoms with Gasteiger partial charge in [-0.2, -0.15) is 5.10 Å². The minimum atomic E-state index is -0.300. The van der Waals surface area contributed by atoms with E-state index in [0.29, 0.717) is 4.88 Å². The quantitative estimate of drug-likeness (QED) is 0.537. The number of thiazole rings is 1. The summed E-state index contributed by atoms with van der Waals surface area (Å²) in [5.41, 5.74) is 7.00. The van der Waals surface area contributed by atoms with Crippen molar-refractivity contribution < 1.29 is 9.90 Å². The SMILES string of the molecule is Cc1ccccc1-c1ncc(C(=O)N/N=C/c2cc(C)c(O)c(C)c2)s1. The van der Waals surface area contributed by atoms with Crippen LogP contribution in [0.3, 0.4) is 0 Å².